The summed E-state index contributed by atoms with van der Waals surface area (Å²) in [5.41, 5.74) is 1.93. The van der Waals surface area contributed by atoms with Crippen molar-refractivity contribution >= 4 is 5.91 Å². The number of rotatable bonds is 5. The molecule has 2 heterocycles. The van der Waals surface area contributed by atoms with Gasteiger partial charge in [0.15, 0.2) is 0 Å². The van der Waals surface area contributed by atoms with Crippen molar-refractivity contribution in [2.75, 3.05) is 6.61 Å². The van der Waals surface area contributed by atoms with E-state index in [9.17, 15) is 9.18 Å². The summed E-state index contributed by atoms with van der Waals surface area (Å²) in [6, 6.07) is 5.82. The van der Waals surface area contributed by atoms with E-state index < -0.39 is 0 Å². The van der Waals surface area contributed by atoms with Crippen molar-refractivity contribution in [3.05, 3.63) is 52.7 Å². The van der Waals surface area contributed by atoms with Crippen LogP contribution in [0.25, 0.3) is 0 Å². The minimum absolute atomic E-state index is 0.121. The molecule has 1 saturated heterocycles. The van der Waals surface area contributed by atoms with Gasteiger partial charge in [-0.3, -0.25) is 4.79 Å². The number of carbonyl (C=O) groups excluding carboxylic acids is 1. The van der Waals surface area contributed by atoms with Crippen LogP contribution in [0.5, 0.6) is 0 Å². The minimum atomic E-state index is -0.334. The Hall–Kier alpha value is -2.21. The maximum atomic E-state index is 13.2. The van der Waals surface area contributed by atoms with E-state index in [1.165, 1.54) is 12.1 Å². The minimum Gasteiger partial charge on any atom is -0.376 e. The fraction of sp³-hybridized carbons (Fsp3) is 0.444. The lowest BCUT2D eigenvalue weighted by Crippen LogP contribution is -2.36. The van der Waals surface area contributed by atoms with E-state index in [1.807, 2.05) is 6.92 Å². The molecular weight excluding hydrogens is 311 g/mol. The third kappa shape index (κ3) is 3.33. The van der Waals surface area contributed by atoms with Gasteiger partial charge in [0.1, 0.15) is 17.1 Å². The van der Waals surface area contributed by atoms with Gasteiger partial charge < -0.3 is 14.6 Å². The fourth-order valence-electron chi connectivity index (χ4n) is 3.09. The third-order valence-corrected chi connectivity index (χ3v) is 4.35. The van der Waals surface area contributed by atoms with E-state index in [-0.39, 0.29) is 23.9 Å². The van der Waals surface area contributed by atoms with E-state index >= 15 is 0 Å². The highest BCUT2D eigenvalue weighted by atomic mass is 19.1. The first-order valence-electron chi connectivity index (χ1n) is 8.23. The van der Waals surface area contributed by atoms with Crippen molar-refractivity contribution in [2.45, 2.75) is 45.3 Å². The van der Waals surface area contributed by atoms with Crippen molar-refractivity contribution in [2.24, 2.45) is 0 Å². The molecular formula is C18H21FN2O3. The molecule has 1 fully saturated rings. The van der Waals surface area contributed by atoms with Crippen LogP contribution in [-0.2, 0) is 11.2 Å². The Morgan fingerprint density at radius 3 is 2.79 bits per heavy atom. The number of amides is 1. The zero-order valence-corrected chi connectivity index (χ0v) is 13.8. The van der Waals surface area contributed by atoms with E-state index in [0.29, 0.717) is 30.0 Å². The van der Waals surface area contributed by atoms with Crippen LogP contribution in [0.1, 0.15) is 53.2 Å². The topological polar surface area (TPSA) is 64.4 Å². The number of nitrogens with one attached hydrogen (secondary N) is 1. The molecule has 2 aromatic rings. The molecule has 2 atom stereocenters. The first-order valence-corrected chi connectivity index (χ1v) is 8.23. The standard InChI is InChI=1S/C18H21FN2O3/c1-3-14-16(11(2)24-21-14)18(22)20-17(15-5-4-10-23-15)12-6-8-13(19)9-7-12/h6-9,15,17H,3-5,10H2,1-2H3,(H,20,22)/t15-,17+/m1/s1. The number of nitrogens with zero attached hydrogens (tertiary/aromatic N) is 1. The molecule has 0 aliphatic carbocycles. The number of benzene rings is 1. The first-order chi connectivity index (χ1) is 11.6. The highest BCUT2D eigenvalue weighted by molar-refractivity contribution is 5.96. The van der Waals surface area contributed by atoms with Gasteiger partial charge in [0.25, 0.3) is 5.91 Å². The number of hydrogen-bond donors (Lipinski definition) is 1. The Labute approximate surface area is 140 Å². The molecule has 1 aromatic heterocycles. The quantitative estimate of drug-likeness (QED) is 0.912. The Balaban J connectivity index is 1.87. The van der Waals surface area contributed by atoms with Crippen molar-refractivity contribution in [3.63, 3.8) is 0 Å². The van der Waals surface area contributed by atoms with Gasteiger partial charge in [-0.25, -0.2) is 4.39 Å². The fourth-order valence-corrected chi connectivity index (χ4v) is 3.09. The molecule has 0 saturated carbocycles. The Bertz CT molecular complexity index is 706. The lowest BCUT2D eigenvalue weighted by atomic mass is 9.98. The largest absolute Gasteiger partial charge is 0.376 e. The zero-order valence-electron chi connectivity index (χ0n) is 13.8. The molecule has 5 nitrogen and oxygen atoms in total. The molecule has 24 heavy (non-hydrogen) atoms. The van der Waals surface area contributed by atoms with Crippen molar-refractivity contribution < 1.29 is 18.4 Å². The number of hydrogen-bond acceptors (Lipinski definition) is 4. The van der Waals surface area contributed by atoms with Crippen LogP contribution < -0.4 is 5.32 Å². The Morgan fingerprint density at radius 1 is 1.42 bits per heavy atom. The average Bonchev–Trinajstić information content (AvgIpc) is 3.23. The first kappa shape index (κ1) is 16.6. The second-order valence-electron chi connectivity index (χ2n) is 5.97. The lowest BCUT2D eigenvalue weighted by Gasteiger charge is -2.24. The third-order valence-electron chi connectivity index (χ3n) is 4.35. The monoisotopic (exact) mass is 332 g/mol. The van der Waals surface area contributed by atoms with Gasteiger partial charge in [-0.2, -0.15) is 0 Å². The molecule has 0 bridgehead atoms. The average molecular weight is 332 g/mol. The van der Waals surface area contributed by atoms with Gasteiger partial charge in [0.05, 0.1) is 17.8 Å². The predicted octanol–water partition coefficient (Wildman–Crippen LogP) is 3.33. The van der Waals surface area contributed by atoms with Gasteiger partial charge in [-0.05, 0) is 43.9 Å². The Morgan fingerprint density at radius 2 is 2.17 bits per heavy atom. The molecule has 1 N–H and O–H groups in total. The summed E-state index contributed by atoms with van der Waals surface area (Å²) in [5.74, 6) is -0.0516. The maximum absolute atomic E-state index is 13.2. The summed E-state index contributed by atoms with van der Waals surface area (Å²) in [6.07, 6.45) is 2.29. The van der Waals surface area contributed by atoms with Crippen molar-refractivity contribution in [3.8, 4) is 0 Å². The molecule has 1 amide bonds. The number of ether oxygens (including phenoxy) is 1. The van der Waals surface area contributed by atoms with Gasteiger partial charge in [-0.15, -0.1) is 0 Å². The van der Waals surface area contributed by atoms with Crippen LogP contribution in [0.15, 0.2) is 28.8 Å². The predicted molar refractivity (Wildman–Crippen MR) is 86.2 cm³/mol. The normalized spacial score (nSPS) is 18.5. The molecule has 1 aromatic carbocycles. The second kappa shape index (κ2) is 7.13. The smallest absolute Gasteiger partial charge is 0.257 e. The van der Waals surface area contributed by atoms with Gasteiger partial charge in [0.2, 0.25) is 0 Å². The summed E-state index contributed by atoms with van der Waals surface area (Å²) >= 11 is 0. The van der Waals surface area contributed by atoms with E-state index in [4.69, 9.17) is 9.26 Å². The highest BCUT2D eigenvalue weighted by Crippen LogP contribution is 2.28. The van der Waals surface area contributed by atoms with Crippen LogP contribution in [0.2, 0.25) is 0 Å². The van der Waals surface area contributed by atoms with Gasteiger partial charge >= 0.3 is 0 Å². The summed E-state index contributed by atoms with van der Waals surface area (Å²) in [4.78, 5) is 12.8. The molecule has 1 aliphatic heterocycles. The maximum Gasteiger partial charge on any atom is 0.257 e. The summed E-state index contributed by atoms with van der Waals surface area (Å²) in [7, 11) is 0. The molecule has 0 radical (unpaired) electrons. The van der Waals surface area contributed by atoms with Crippen molar-refractivity contribution in [1.82, 2.24) is 10.5 Å². The Kier molecular flexibility index (Phi) is 4.94. The summed E-state index contributed by atoms with van der Waals surface area (Å²) in [6.45, 7) is 4.32. The van der Waals surface area contributed by atoms with Gasteiger partial charge in [0, 0.05) is 6.61 Å². The number of aryl methyl sites for hydroxylation is 2. The zero-order chi connectivity index (χ0) is 17.1. The SMILES string of the molecule is CCc1noc(C)c1C(=O)N[C@@H](c1ccc(F)cc1)[C@H]1CCCO1. The van der Waals surface area contributed by atoms with Crippen molar-refractivity contribution in [1.29, 1.82) is 0 Å². The molecule has 0 unspecified atom stereocenters. The van der Waals surface area contributed by atoms with E-state index in [0.717, 1.165) is 18.4 Å². The molecule has 3 rings (SSSR count). The van der Waals surface area contributed by atoms with Crippen LogP contribution in [0.3, 0.4) is 0 Å². The molecule has 1 aliphatic rings. The summed E-state index contributed by atoms with van der Waals surface area (Å²) in [5, 5.41) is 6.95. The molecule has 6 heteroatoms. The van der Waals surface area contributed by atoms with Crippen LogP contribution in [-0.4, -0.2) is 23.8 Å². The van der Waals surface area contributed by atoms with Crippen LogP contribution in [0.4, 0.5) is 4.39 Å². The number of halogens is 1. The van der Waals surface area contributed by atoms with E-state index in [1.54, 1.807) is 19.1 Å². The van der Waals surface area contributed by atoms with Crippen LogP contribution >= 0.6 is 0 Å². The lowest BCUT2D eigenvalue weighted by molar-refractivity contribution is 0.0671. The van der Waals surface area contributed by atoms with Gasteiger partial charge in [-0.1, -0.05) is 24.2 Å². The highest BCUT2D eigenvalue weighted by Gasteiger charge is 2.30. The summed E-state index contributed by atoms with van der Waals surface area (Å²) < 4.78 is 24.1. The number of carbonyl (C=O) groups is 1. The molecule has 128 valence electrons. The molecule has 0 spiro atoms. The van der Waals surface area contributed by atoms with Crippen LogP contribution in [0, 0.1) is 12.7 Å². The van der Waals surface area contributed by atoms with E-state index in [2.05, 4.69) is 10.5 Å². The second-order valence-corrected chi connectivity index (χ2v) is 5.97. The number of aromatic nitrogens is 1.